The van der Waals surface area contributed by atoms with E-state index >= 15 is 0 Å². The Bertz CT molecular complexity index is 582. The zero-order valence-corrected chi connectivity index (χ0v) is 9.77. The first kappa shape index (κ1) is 10.3. The number of carbonyl (C=O) groups excluding carboxylic acids is 1. The van der Waals surface area contributed by atoms with Crippen LogP contribution in [0.4, 0.5) is 0 Å². The topological polar surface area (TPSA) is 26.3 Å². The highest BCUT2D eigenvalue weighted by Crippen LogP contribution is 2.43. The molecule has 0 N–H and O–H groups in total. The van der Waals surface area contributed by atoms with Crippen LogP contribution in [0.1, 0.15) is 34.7 Å². The van der Waals surface area contributed by atoms with Crippen LogP contribution in [0.2, 0.25) is 0 Å². The van der Waals surface area contributed by atoms with Gasteiger partial charge in [0.1, 0.15) is 0 Å². The molecule has 1 fully saturated rings. The molecule has 0 spiro atoms. The van der Waals surface area contributed by atoms with Crippen LogP contribution in [0.5, 0.6) is 0 Å². The van der Waals surface area contributed by atoms with Crippen LogP contribution in [-0.2, 0) is 4.74 Å². The maximum absolute atomic E-state index is 12.0. The summed E-state index contributed by atoms with van der Waals surface area (Å²) in [6.07, 6.45) is 2.37. The first-order valence-corrected chi connectivity index (χ1v) is 5.91. The lowest BCUT2D eigenvalue weighted by Gasteiger charge is -2.10. The molecule has 0 aliphatic heterocycles. The highest BCUT2D eigenvalue weighted by molar-refractivity contribution is 6.06. The van der Waals surface area contributed by atoms with E-state index in [9.17, 15) is 4.79 Å². The van der Waals surface area contributed by atoms with E-state index in [4.69, 9.17) is 4.74 Å². The fourth-order valence-electron chi connectivity index (χ4n) is 2.35. The minimum atomic E-state index is -0.219. The van der Waals surface area contributed by atoms with Gasteiger partial charge in [0.15, 0.2) is 0 Å². The minimum absolute atomic E-state index is 0.219. The number of benzene rings is 2. The molecular weight excluding hydrogens is 212 g/mol. The molecular formula is C15H14O2. The first-order chi connectivity index (χ1) is 8.31. The summed E-state index contributed by atoms with van der Waals surface area (Å²) < 4.78 is 4.92. The van der Waals surface area contributed by atoms with Crippen LogP contribution >= 0.6 is 0 Å². The Morgan fingerprint density at radius 2 is 1.94 bits per heavy atom. The molecule has 1 saturated carbocycles. The molecule has 0 amide bonds. The Morgan fingerprint density at radius 3 is 2.65 bits per heavy atom. The maximum atomic E-state index is 12.0. The molecule has 0 saturated heterocycles. The summed E-state index contributed by atoms with van der Waals surface area (Å²) in [5.41, 5.74) is 1.91. The van der Waals surface area contributed by atoms with Gasteiger partial charge in [0.2, 0.25) is 0 Å². The molecule has 0 radical (unpaired) electrons. The number of carbonyl (C=O) groups is 1. The van der Waals surface area contributed by atoms with E-state index in [1.54, 1.807) is 0 Å². The lowest BCUT2D eigenvalue weighted by molar-refractivity contribution is 0.0601. The summed E-state index contributed by atoms with van der Waals surface area (Å²) in [5, 5.41) is 2.10. The largest absolute Gasteiger partial charge is 0.465 e. The standard InChI is InChI=1S/C15H14O2/c1-17-15(16)14-12-5-3-2-4-10(12)8-9-13(14)11-6-7-11/h2-5,8-9,11H,6-7H2,1H3. The van der Waals surface area contributed by atoms with Crippen molar-refractivity contribution in [1.29, 1.82) is 0 Å². The van der Waals surface area contributed by atoms with Crippen molar-refractivity contribution >= 4 is 16.7 Å². The summed E-state index contributed by atoms with van der Waals surface area (Å²) in [6.45, 7) is 0. The zero-order chi connectivity index (χ0) is 11.8. The lowest BCUT2D eigenvalue weighted by atomic mass is 9.96. The molecule has 0 aromatic heterocycles. The van der Waals surface area contributed by atoms with Gasteiger partial charge in [0.25, 0.3) is 0 Å². The molecule has 0 bridgehead atoms. The molecule has 2 heteroatoms. The predicted octanol–water partition coefficient (Wildman–Crippen LogP) is 3.50. The summed E-state index contributed by atoms with van der Waals surface area (Å²) >= 11 is 0. The van der Waals surface area contributed by atoms with Gasteiger partial charge in [-0.15, -0.1) is 0 Å². The first-order valence-electron chi connectivity index (χ1n) is 5.91. The molecule has 2 aromatic carbocycles. The third-order valence-electron chi connectivity index (χ3n) is 3.37. The van der Waals surface area contributed by atoms with Gasteiger partial charge in [-0.2, -0.15) is 0 Å². The Kier molecular flexibility index (Phi) is 2.36. The van der Waals surface area contributed by atoms with Gasteiger partial charge < -0.3 is 4.74 Å². The Morgan fingerprint density at radius 1 is 1.18 bits per heavy atom. The smallest absolute Gasteiger partial charge is 0.338 e. The van der Waals surface area contributed by atoms with Crippen molar-refractivity contribution < 1.29 is 9.53 Å². The Hall–Kier alpha value is -1.83. The monoisotopic (exact) mass is 226 g/mol. The number of esters is 1. The van der Waals surface area contributed by atoms with Crippen LogP contribution in [0.25, 0.3) is 10.8 Å². The normalized spacial score (nSPS) is 14.9. The van der Waals surface area contributed by atoms with Crippen molar-refractivity contribution in [3.8, 4) is 0 Å². The van der Waals surface area contributed by atoms with E-state index in [0.717, 1.165) is 21.9 Å². The fraction of sp³-hybridized carbons (Fsp3) is 0.267. The molecule has 0 heterocycles. The number of rotatable bonds is 2. The predicted molar refractivity (Wildman–Crippen MR) is 67.3 cm³/mol. The molecule has 0 unspecified atom stereocenters. The average Bonchev–Trinajstić information content (AvgIpc) is 3.20. The number of methoxy groups -OCH3 is 1. The van der Waals surface area contributed by atoms with Gasteiger partial charge in [-0.1, -0.05) is 36.4 Å². The molecule has 1 aliphatic carbocycles. The van der Waals surface area contributed by atoms with E-state index in [0.29, 0.717) is 5.92 Å². The van der Waals surface area contributed by atoms with Crippen molar-refractivity contribution in [2.75, 3.05) is 7.11 Å². The molecule has 1 aliphatic rings. The quantitative estimate of drug-likeness (QED) is 0.732. The van der Waals surface area contributed by atoms with Gasteiger partial charge in [0.05, 0.1) is 12.7 Å². The maximum Gasteiger partial charge on any atom is 0.338 e. The van der Waals surface area contributed by atoms with Crippen molar-refractivity contribution in [1.82, 2.24) is 0 Å². The molecule has 17 heavy (non-hydrogen) atoms. The summed E-state index contributed by atoms with van der Waals surface area (Å²) in [4.78, 5) is 12.0. The van der Waals surface area contributed by atoms with E-state index in [-0.39, 0.29) is 5.97 Å². The summed E-state index contributed by atoms with van der Waals surface area (Å²) in [5.74, 6) is 0.331. The van der Waals surface area contributed by atoms with Crippen molar-refractivity contribution in [2.45, 2.75) is 18.8 Å². The fourth-order valence-corrected chi connectivity index (χ4v) is 2.35. The van der Waals surface area contributed by atoms with Crippen LogP contribution in [0.15, 0.2) is 36.4 Å². The molecule has 86 valence electrons. The number of ether oxygens (including phenoxy) is 1. The second kappa shape index (κ2) is 3.88. The molecule has 3 rings (SSSR count). The van der Waals surface area contributed by atoms with E-state index in [1.807, 2.05) is 24.3 Å². The van der Waals surface area contributed by atoms with Gasteiger partial charge in [-0.05, 0) is 35.1 Å². The highest BCUT2D eigenvalue weighted by Gasteiger charge is 2.29. The van der Waals surface area contributed by atoms with Crippen molar-refractivity contribution in [2.24, 2.45) is 0 Å². The highest BCUT2D eigenvalue weighted by atomic mass is 16.5. The minimum Gasteiger partial charge on any atom is -0.465 e. The van der Waals surface area contributed by atoms with Crippen LogP contribution < -0.4 is 0 Å². The van der Waals surface area contributed by atoms with Crippen LogP contribution in [0, 0.1) is 0 Å². The number of hydrogen-bond donors (Lipinski definition) is 0. The van der Waals surface area contributed by atoms with Gasteiger partial charge in [0, 0.05) is 0 Å². The molecule has 2 nitrogen and oxygen atoms in total. The van der Waals surface area contributed by atoms with E-state index in [2.05, 4.69) is 12.1 Å². The van der Waals surface area contributed by atoms with Gasteiger partial charge >= 0.3 is 5.97 Å². The van der Waals surface area contributed by atoms with Gasteiger partial charge in [-0.3, -0.25) is 0 Å². The summed E-state index contributed by atoms with van der Waals surface area (Å²) in [7, 11) is 1.45. The van der Waals surface area contributed by atoms with E-state index < -0.39 is 0 Å². The molecule has 2 aromatic rings. The van der Waals surface area contributed by atoms with Crippen molar-refractivity contribution in [3.63, 3.8) is 0 Å². The van der Waals surface area contributed by atoms with Crippen molar-refractivity contribution in [3.05, 3.63) is 47.5 Å². The second-order valence-corrected chi connectivity index (χ2v) is 4.52. The lowest BCUT2D eigenvalue weighted by Crippen LogP contribution is -2.06. The van der Waals surface area contributed by atoms with Crippen LogP contribution in [0.3, 0.4) is 0 Å². The third kappa shape index (κ3) is 1.70. The Labute approximate surface area is 100 Å². The Balaban J connectivity index is 2.30. The van der Waals surface area contributed by atoms with Crippen LogP contribution in [-0.4, -0.2) is 13.1 Å². The average molecular weight is 226 g/mol. The number of fused-ring (bicyclic) bond motifs is 1. The zero-order valence-electron chi connectivity index (χ0n) is 9.77. The second-order valence-electron chi connectivity index (χ2n) is 4.52. The summed E-state index contributed by atoms with van der Waals surface area (Å²) in [6, 6.07) is 12.1. The van der Waals surface area contributed by atoms with E-state index in [1.165, 1.54) is 20.0 Å². The molecule has 0 atom stereocenters. The third-order valence-corrected chi connectivity index (χ3v) is 3.37. The number of hydrogen-bond acceptors (Lipinski definition) is 2. The van der Waals surface area contributed by atoms with Gasteiger partial charge in [-0.25, -0.2) is 4.79 Å². The SMILES string of the molecule is COC(=O)c1c(C2CC2)ccc2ccccc12.